The third kappa shape index (κ3) is 4.82. The molecule has 0 radical (unpaired) electrons. The summed E-state index contributed by atoms with van der Waals surface area (Å²) in [5.41, 5.74) is 2.09. The smallest absolute Gasteiger partial charge is 0.316 e. The molecule has 2 aliphatic heterocycles. The third-order valence-electron chi connectivity index (χ3n) is 6.62. The van der Waals surface area contributed by atoms with Gasteiger partial charge >= 0.3 is 5.97 Å². The van der Waals surface area contributed by atoms with E-state index in [0.717, 1.165) is 16.8 Å². The Morgan fingerprint density at radius 3 is 2.12 bits per heavy atom. The van der Waals surface area contributed by atoms with E-state index in [-0.39, 0.29) is 30.6 Å². The van der Waals surface area contributed by atoms with Gasteiger partial charge in [0.25, 0.3) is 0 Å². The Bertz CT molecular complexity index is 1030. The molecule has 0 aromatic heterocycles. The zero-order valence-corrected chi connectivity index (χ0v) is 18.9. The van der Waals surface area contributed by atoms with Gasteiger partial charge in [-0.25, -0.2) is 5.01 Å². The van der Waals surface area contributed by atoms with Crippen LogP contribution in [0.1, 0.15) is 43.2 Å². The van der Waals surface area contributed by atoms with Crippen LogP contribution in [0.15, 0.2) is 65.8 Å². The number of hydrazone groups is 1. The van der Waals surface area contributed by atoms with E-state index >= 15 is 0 Å². The first-order valence-corrected chi connectivity index (χ1v) is 11.4. The van der Waals surface area contributed by atoms with E-state index in [4.69, 9.17) is 4.74 Å². The zero-order valence-electron chi connectivity index (χ0n) is 18.9. The van der Waals surface area contributed by atoms with Gasteiger partial charge in [-0.15, -0.1) is 0 Å². The highest BCUT2D eigenvalue weighted by Crippen LogP contribution is 2.37. The van der Waals surface area contributed by atoms with Crippen LogP contribution >= 0.6 is 0 Å². The molecule has 0 unspecified atom stereocenters. The summed E-state index contributed by atoms with van der Waals surface area (Å²) in [5, 5.41) is 5.93. The van der Waals surface area contributed by atoms with Gasteiger partial charge in [0.1, 0.15) is 0 Å². The zero-order chi connectivity index (χ0) is 23.3. The van der Waals surface area contributed by atoms with Gasteiger partial charge in [0.2, 0.25) is 11.8 Å². The molecule has 33 heavy (non-hydrogen) atoms. The highest BCUT2D eigenvalue weighted by Gasteiger charge is 2.44. The van der Waals surface area contributed by atoms with Crippen LogP contribution in [-0.4, -0.2) is 60.1 Å². The lowest BCUT2D eigenvalue weighted by atomic mass is 9.72. The number of piperidine rings is 1. The van der Waals surface area contributed by atoms with Crippen molar-refractivity contribution in [2.24, 2.45) is 5.10 Å². The Balaban J connectivity index is 1.32. The topological polar surface area (TPSA) is 79.3 Å². The molecule has 2 aromatic rings. The summed E-state index contributed by atoms with van der Waals surface area (Å²) in [7, 11) is 1.40. The van der Waals surface area contributed by atoms with Crippen molar-refractivity contribution in [3.05, 3.63) is 71.8 Å². The number of esters is 1. The first-order chi connectivity index (χ1) is 16.0. The highest BCUT2D eigenvalue weighted by molar-refractivity contribution is 6.02. The fraction of sp³-hybridized carbons (Fsp3) is 0.385. The maximum absolute atomic E-state index is 12.8. The van der Waals surface area contributed by atoms with Crippen molar-refractivity contribution in [2.45, 2.75) is 37.5 Å². The fourth-order valence-corrected chi connectivity index (χ4v) is 4.67. The number of carbonyl (C=O) groups is 3. The summed E-state index contributed by atoms with van der Waals surface area (Å²) in [6.07, 6.45) is 1.98. The fourth-order valence-electron chi connectivity index (χ4n) is 4.67. The summed E-state index contributed by atoms with van der Waals surface area (Å²) in [5.74, 6) is -0.474. The molecule has 2 aromatic carbocycles. The third-order valence-corrected chi connectivity index (χ3v) is 6.62. The summed E-state index contributed by atoms with van der Waals surface area (Å²) < 4.78 is 5.11. The van der Waals surface area contributed by atoms with Gasteiger partial charge in [0.05, 0.1) is 24.8 Å². The molecule has 2 amide bonds. The van der Waals surface area contributed by atoms with E-state index < -0.39 is 5.41 Å². The molecular formula is C26H29N3O4. The number of ether oxygens (including phenoxy) is 1. The minimum atomic E-state index is -0.735. The average molecular weight is 448 g/mol. The van der Waals surface area contributed by atoms with Crippen molar-refractivity contribution in [2.75, 3.05) is 26.7 Å². The van der Waals surface area contributed by atoms with Crippen LogP contribution in [-0.2, 0) is 24.5 Å². The van der Waals surface area contributed by atoms with Crippen molar-refractivity contribution < 1.29 is 19.1 Å². The largest absolute Gasteiger partial charge is 0.468 e. The van der Waals surface area contributed by atoms with Crippen molar-refractivity contribution in [3.8, 4) is 0 Å². The van der Waals surface area contributed by atoms with Gasteiger partial charge < -0.3 is 9.64 Å². The van der Waals surface area contributed by atoms with Crippen LogP contribution in [0.3, 0.4) is 0 Å². The molecule has 4 rings (SSSR count). The van der Waals surface area contributed by atoms with Gasteiger partial charge in [-0.05, 0) is 24.0 Å². The second-order valence-electron chi connectivity index (χ2n) is 8.50. The second-order valence-corrected chi connectivity index (χ2v) is 8.50. The van der Waals surface area contributed by atoms with E-state index in [1.54, 1.807) is 4.90 Å². The van der Waals surface area contributed by atoms with E-state index in [1.165, 1.54) is 12.1 Å². The lowest BCUT2D eigenvalue weighted by molar-refractivity contribution is -0.151. The van der Waals surface area contributed by atoms with Crippen LogP contribution in [0.5, 0.6) is 0 Å². The number of carbonyl (C=O) groups excluding carboxylic acids is 3. The van der Waals surface area contributed by atoms with E-state index in [9.17, 15) is 14.4 Å². The van der Waals surface area contributed by atoms with Crippen molar-refractivity contribution >= 4 is 23.5 Å². The maximum atomic E-state index is 12.8. The number of amides is 2. The van der Waals surface area contributed by atoms with Gasteiger partial charge in [0, 0.05) is 32.4 Å². The van der Waals surface area contributed by atoms with Crippen molar-refractivity contribution in [3.63, 3.8) is 0 Å². The second kappa shape index (κ2) is 9.98. The number of hydrogen-bond donors (Lipinski definition) is 0. The van der Waals surface area contributed by atoms with Crippen LogP contribution in [0.25, 0.3) is 0 Å². The molecule has 1 saturated heterocycles. The van der Waals surface area contributed by atoms with Gasteiger partial charge in [-0.3, -0.25) is 14.4 Å². The summed E-state index contributed by atoms with van der Waals surface area (Å²) in [6.45, 7) is 1.45. The molecule has 0 N–H and O–H groups in total. The Morgan fingerprint density at radius 2 is 1.48 bits per heavy atom. The summed E-state index contributed by atoms with van der Waals surface area (Å²) in [4.78, 5) is 39.8. The number of nitrogens with zero attached hydrogens (tertiary/aromatic N) is 3. The lowest BCUT2D eigenvalue weighted by Gasteiger charge is -2.40. The van der Waals surface area contributed by atoms with Crippen LogP contribution in [0.2, 0.25) is 0 Å². The normalized spacial score (nSPS) is 17.4. The number of hydrogen-bond acceptors (Lipinski definition) is 5. The molecule has 172 valence electrons. The number of benzene rings is 2. The molecule has 7 nitrogen and oxygen atoms in total. The molecule has 1 fully saturated rings. The standard InChI is InChI=1S/C26H29N3O4/c1-33-25(32)26(21-10-6-3-7-11-21)15-18-28(19-16-26)23(30)12-13-24(31)29-17-14-22(27-29)20-8-4-2-5-9-20/h2-11H,12-19H2,1H3. The lowest BCUT2D eigenvalue weighted by Crippen LogP contribution is -2.49. The monoisotopic (exact) mass is 447 g/mol. The van der Waals surface area contributed by atoms with E-state index in [2.05, 4.69) is 5.10 Å². The average Bonchev–Trinajstić information content (AvgIpc) is 3.38. The molecule has 0 atom stereocenters. The number of rotatable bonds is 6. The predicted octanol–water partition coefficient (Wildman–Crippen LogP) is 3.14. The first kappa shape index (κ1) is 22.7. The first-order valence-electron chi connectivity index (χ1n) is 11.4. The highest BCUT2D eigenvalue weighted by atomic mass is 16.5. The molecule has 2 heterocycles. The molecule has 0 spiro atoms. The minimum absolute atomic E-state index is 0.0682. The molecule has 0 aliphatic carbocycles. The Labute approximate surface area is 194 Å². The van der Waals surface area contributed by atoms with Crippen LogP contribution in [0, 0.1) is 0 Å². The van der Waals surface area contributed by atoms with Gasteiger partial charge in [0.15, 0.2) is 0 Å². The minimum Gasteiger partial charge on any atom is -0.468 e. The number of likely N-dealkylation sites (tertiary alicyclic amines) is 1. The van der Waals surface area contributed by atoms with Crippen LogP contribution < -0.4 is 0 Å². The summed E-state index contributed by atoms with van der Waals surface area (Å²) in [6, 6.07) is 19.4. The molecular weight excluding hydrogens is 418 g/mol. The van der Waals surface area contributed by atoms with Gasteiger partial charge in [-0.2, -0.15) is 5.10 Å². The molecule has 7 heteroatoms. The maximum Gasteiger partial charge on any atom is 0.316 e. The predicted molar refractivity (Wildman–Crippen MR) is 124 cm³/mol. The SMILES string of the molecule is COC(=O)C1(c2ccccc2)CCN(C(=O)CCC(=O)N2CCC(c3ccccc3)=N2)CC1. The van der Waals surface area contributed by atoms with Gasteiger partial charge in [-0.1, -0.05) is 60.7 Å². The van der Waals surface area contributed by atoms with E-state index in [1.807, 2.05) is 60.7 Å². The van der Waals surface area contributed by atoms with E-state index in [0.29, 0.717) is 38.9 Å². The Kier molecular flexibility index (Phi) is 6.87. The van der Waals surface area contributed by atoms with Crippen LogP contribution in [0.4, 0.5) is 0 Å². The Morgan fingerprint density at radius 1 is 0.879 bits per heavy atom. The number of methoxy groups -OCH3 is 1. The quantitative estimate of drug-likeness (QED) is 0.638. The van der Waals surface area contributed by atoms with Crippen molar-refractivity contribution in [1.29, 1.82) is 0 Å². The molecule has 0 saturated carbocycles. The summed E-state index contributed by atoms with van der Waals surface area (Å²) >= 11 is 0. The molecule has 2 aliphatic rings. The van der Waals surface area contributed by atoms with Crippen molar-refractivity contribution in [1.82, 2.24) is 9.91 Å². The Hall–Kier alpha value is -3.48. The molecule has 0 bridgehead atoms.